The van der Waals surface area contributed by atoms with Gasteiger partial charge in [0.25, 0.3) is 0 Å². The molecule has 0 saturated heterocycles. The molecule has 0 fully saturated rings. The molecule has 0 atom stereocenters. The molecule has 0 radical (unpaired) electrons. The van der Waals surface area contributed by atoms with Crippen LogP contribution in [0.5, 0.6) is 11.5 Å². The Morgan fingerprint density at radius 1 is 0.483 bits per heavy atom. The van der Waals surface area contributed by atoms with Crippen LogP contribution in [0.2, 0.25) is 0 Å². The van der Waals surface area contributed by atoms with E-state index in [1.807, 2.05) is 12.3 Å². The normalized spacial score (nSPS) is 14.2. The summed E-state index contributed by atoms with van der Waals surface area (Å²) in [6, 6.07) is 43.9. The number of rotatable bonds is 6. The number of hydrogen-bond acceptors (Lipinski definition) is 4. The molecule has 2 aromatic heterocycles. The summed E-state index contributed by atoms with van der Waals surface area (Å²) in [5.74, 6) is 2.45. The number of ether oxygens (including phenoxy) is 1. The quantitative estimate of drug-likeness (QED) is 0.168. The van der Waals surface area contributed by atoms with Crippen LogP contribution in [0.1, 0.15) is 99.8 Å². The van der Waals surface area contributed by atoms with Gasteiger partial charge in [-0.15, -0.1) is 0 Å². The van der Waals surface area contributed by atoms with Crippen LogP contribution in [0.25, 0.3) is 38.8 Å². The Hall–Kier alpha value is -5.81. The highest BCUT2D eigenvalue weighted by Gasteiger charge is 2.42. The van der Waals surface area contributed by atoms with Gasteiger partial charge in [0.15, 0.2) is 0 Å². The zero-order chi connectivity index (χ0) is 42.9. The molecule has 5 heteroatoms. The standard InChI is InChI=1S/C55H62N4O/c1-36-25-26-56-49(27-36)59-47-22-18-17-21-45(47)46-24-23-43(34-48(46)59)60-44-29-38(37-19-15-14-16-20-37)28-41(33-44)57-35-58(51(55(11,12)13)50(57)54(8,9)10)42-31-39(52(2,3)4)30-40(32-42)53(5,6)7/h14-34H,35H2,1-13H3. The van der Waals surface area contributed by atoms with Gasteiger partial charge in [0.05, 0.1) is 17.7 Å². The van der Waals surface area contributed by atoms with Crippen molar-refractivity contribution in [1.29, 1.82) is 0 Å². The lowest BCUT2D eigenvalue weighted by atomic mass is 9.79. The third-order valence-electron chi connectivity index (χ3n) is 11.8. The molecule has 0 spiro atoms. The second kappa shape index (κ2) is 14.7. The fourth-order valence-corrected chi connectivity index (χ4v) is 8.75. The van der Waals surface area contributed by atoms with Crippen LogP contribution in [0, 0.1) is 17.8 Å². The molecule has 0 aliphatic carbocycles. The first kappa shape index (κ1) is 40.9. The molecule has 0 N–H and O–H groups in total. The lowest BCUT2D eigenvalue weighted by Crippen LogP contribution is -2.32. The average molecular weight is 795 g/mol. The van der Waals surface area contributed by atoms with Gasteiger partial charge >= 0.3 is 0 Å². The number of fused-ring (bicyclic) bond motifs is 3. The van der Waals surface area contributed by atoms with Crippen LogP contribution in [-0.2, 0) is 10.8 Å². The molecule has 308 valence electrons. The Labute approximate surface area is 358 Å². The van der Waals surface area contributed by atoms with Gasteiger partial charge < -0.3 is 14.5 Å². The predicted molar refractivity (Wildman–Crippen MR) is 255 cm³/mol. The lowest BCUT2D eigenvalue weighted by Gasteiger charge is -2.35. The molecular formula is C55H62N4O. The number of pyridine rings is 1. The maximum absolute atomic E-state index is 7.00. The van der Waals surface area contributed by atoms with E-state index in [0.717, 1.165) is 50.6 Å². The summed E-state index contributed by atoms with van der Waals surface area (Å²) in [5, 5.41) is 2.35. The molecule has 0 unspecified atom stereocenters. The van der Waals surface area contributed by atoms with Crippen molar-refractivity contribution in [2.24, 2.45) is 10.8 Å². The van der Waals surface area contributed by atoms with E-state index in [4.69, 9.17) is 9.72 Å². The summed E-state index contributed by atoms with van der Waals surface area (Å²) >= 11 is 0. The highest BCUT2D eigenvalue weighted by molar-refractivity contribution is 6.09. The highest BCUT2D eigenvalue weighted by Crippen LogP contribution is 2.50. The summed E-state index contributed by atoms with van der Waals surface area (Å²) in [6.45, 7) is 30.9. The van der Waals surface area contributed by atoms with Crippen molar-refractivity contribution in [2.75, 3.05) is 16.5 Å². The van der Waals surface area contributed by atoms with Crippen molar-refractivity contribution in [1.82, 2.24) is 9.55 Å². The molecule has 8 rings (SSSR count). The van der Waals surface area contributed by atoms with Gasteiger partial charge in [-0.25, -0.2) is 4.98 Å². The Kier molecular flexibility index (Phi) is 10.0. The third-order valence-corrected chi connectivity index (χ3v) is 11.8. The number of allylic oxidation sites excluding steroid dienone is 2. The Morgan fingerprint density at radius 2 is 1.07 bits per heavy atom. The van der Waals surface area contributed by atoms with Gasteiger partial charge in [-0.05, 0) is 100 Å². The molecule has 7 aromatic rings. The van der Waals surface area contributed by atoms with Gasteiger partial charge in [-0.3, -0.25) is 4.57 Å². The lowest BCUT2D eigenvalue weighted by molar-refractivity contribution is 0.444. The van der Waals surface area contributed by atoms with E-state index in [9.17, 15) is 0 Å². The van der Waals surface area contributed by atoms with Crippen molar-refractivity contribution < 1.29 is 4.74 Å². The summed E-state index contributed by atoms with van der Waals surface area (Å²) in [5.41, 5.74) is 13.0. The Morgan fingerprint density at radius 3 is 1.67 bits per heavy atom. The van der Waals surface area contributed by atoms with Gasteiger partial charge in [-0.1, -0.05) is 138 Å². The van der Waals surface area contributed by atoms with E-state index in [0.29, 0.717) is 6.67 Å². The average Bonchev–Trinajstić information content (AvgIpc) is 3.75. The molecule has 1 aliphatic rings. The first-order valence-electron chi connectivity index (χ1n) is 21.5. The minimum absolute atomic E-state index is 0.00191. The molecule has 0 amide bonds. The van der Waals surface area contributed by atoms with Gasteiger partial charge in [0.2, 0.25) is 0 Å². The maximum Gasteiger partial charge on any atom is 0.137 e. The monoisotopic (exact) mass is 794 g/mol. The zero-order valence-corrected chi connectivity index (χ0v) is 38.0. The fourth-order valence-electron chi connectivity index (χ4n) is 8.75. The fraction of sp³-hybridized carbons (Fsp3) is 0.327. The number of nitrogens with zero attached hydrogens (tertiary/aromatic N) is 4. The second-order valence-corrected chi connectivity index (χ2v) is 20.9. The maximum atomic E-state index is 7.00. The van der Waals surface area contributed by atoms with E-state index in [1.54, 1.807) is 0 Å². The summed E-state index contributed by atoms with van der Waals surface area (Å²) < 4.78 is 9.26. The van der Waals surface area contributed by atoms with Crippen molar-refractivity contribution in [2.45, 2.75) is 101 Å². The number of aromatic nitrogens is 2. The molecule has 1 aliphatic heterocycles. The predicted octanol–water partition coefficient (Wildman–Crippen LogP) is 15.1. The van der Waals surface area contributed by atoms with Crippen LogP contribution in [0.15, 0.2) is 139 Å². The molecule has 0 saturated carbocycles. The number of anilines is 2. The van der Waals surface area contributed by atoms with E-state index in [1.165, 1.54) is 39.2 Å². The Balaban J connectivity index is 1.30. The molecule has 0 bridgehead atoms. The van der Waals surface area contributed by atoms with E-state index >= 15 is 0 Å². The van der Waals surface area contributed by atoms with Crippen molar-refractivity contribution in [3.63, 3.8) is 0 Å². The summed E-state index contributed by atoms with van der Waals surface area (Å²) in [4.78, 5) is 9.95. The number of benzene rings is 5. The van der Waals surface area contributed by atoms with Gasteiger partial charge in [0, 0.05) is 62.7 Å². The minimum atomic E-state index is -0.169. The topological polar surface area (TPSA) is 33.5 Å². The highest BCUT2D eigenvalue weighted by atomic mass is 16.5. The van der Waals surface area contributed by atoms with E-state index in [2.05, 4.69) is 220 Å². The third kappa shape index (κ3) is 7.83. The molecule has 5 aromatic carbocycles. The van der Waals surface area contributed by atoms with Crippen LogP contribution in [0.3, 0.4) is 0 Å². The minimum Gasteiger partial charge on any atom is -0.457 e. The number of hydrogen-bond donors (Lipinski definition) is 0. The number of para-hydroxylation sites is 1. The second-order valence-electron chi connectivity index (χ2n) is 20.9. The molecule has 3 heterocycles. The SMILES string of the molecule is Cc1ccnc(-n2c3ccccc3c3ccc(Oc4cc(-c5ccccc5)cc(N5CN(c6cc(C(C)(C)C)cc(C(C)(C)C)c6)C(C(C)(C)C)=C5C(C)(C)C)c4)cc32)c1. The number of aryl methyl sites for hydroxylation is 1. The van der Waals surface area contributed by atoms with E-state index in [-0.39, 0.29) is 21.7 Å². The molecule has 5 nitrogen and oxygen atoms in total. The first-order chi connectivity index (χ1) is 28.2. The van der Waals surface area contributed by atoms with Crippen LogP contribution >= 0.6 is 0 Å². The van der Waals surface area contributed by atoms with E-state index < -0.39 is 0 Å². The largest absolute Gasteiger partial charge is 0.457 e. The van der Waals surface area contributed by atoms with Crippen LogP contribution in [-0.4, -0.2) is 16.2 Å². The molecular weight excluding hydrogens is 733 g/mol. The summed E-state index contributed by atoms with van der Waals surface area (Å²) in [7, 11) is 0. The Bertz CT molecular complexity index is 2730. The summed E-state index contributed by atoms with van der Waals surface area (Å²) in [6.07, 6.45) is 1.89. The van der Waals surface area contributed by atoms with Crippen molar-refractivity contribution in [3.05, 3.63) is 156 Å². The van der Waals surface area contributed by atoms with Gasteiger partial charge in [-0.2, -0.15) is 0 Å². The van der Waals surface area contributed by atoms with Gasteiger partial charge in [0.1, 0.15) is 17.3 Å². The van der Waals surface area contributed by atoms with Crippen LogP contribution in [0.4, 0.5) is 11.4 Å². The zero-order valence-electron chi connectivity index (χ0n) is 38.0. The van der Waals surface area contributed by atoms with Crippen molar-refractivity contribution in [3.8, 4) is 28.4 Å². The molecule has 60 heavy (non-hydrogen) atoms. The smallest absolute Gasteiger partial charge is 0.137 e. The van der Waals surface area contributed by atoms with Crippen molar-refractivity contribution >= 4 is 33.2 Å². The van der Waals surface area contributed by atoms with Crippen LogP contribution < -0.4 is 14.5 Å². The first-order valence-corrected chi connectivity index (χ1v) is 21.5.